The van der Waals surface area contributed by atoms with Crippen LogP contribution in [0.3, 0.4) is 0 Å². The van der Waals surface area contributed by atoms with E-state index in [2.05, 4.69) is 5.32 Å². The van der Waals surface area contributed by atoms with Crippen molar-refractivity contribution < 1.29 is 38.1 Å². The van der Waals surface area contributed by atoms with Crippen LogP contribution in [0.25, 0.3) is 0 Å². The fraction of sp³-hybridized carbons (Fsp3) is 0.667. The number of para-hydroxylation sites is 1. The van der Waals surface area contributed by atoms with Gasteiger partial charge in [-0.1, -0.05) is 45.9 Å². The molecule has 0 aromatic heterocycles. The zero-order chi connectivity index (χ0) is 27.5. The molecule has 0 radical (unpaired) electrons. The Morgan fingerprint density at radius 1 is 1.08 bits per heavy atom. The van der Waals surface area contributed by atoms with E-state index in [0.29, 0.717) is 31.8 Å². The maximum Gasteiger partial charge on any atom is 0.331 e. The molecule has 0 aliphatic carbocycles. The summed E-state index contributed by atoms with van der Waals surface area (Å²) in [6.07, 6.45) is -0.488. The predicted molar refractivity (Wildman–Crippen MR) is 136 cm³/mol. The van der Waals surface area contributed by atoms with Gasteiger partial charge in [0.15, 0.2) is 0 Å². The molecule has 208 valence electrons. The molecule has 1 heterocycles. The second kappa shape index (κ2) is 14.9. The number of ether oxygens (including phenoxy) is 5. The fourth-order valence-electron chi connectivity index (χ4n) is 3.88. The van der Waals surface area contributed by atoms with Crippen LogP contribution in [-0.4, -0.2) is 62.6 Å². The minimum Gasteiger partial charge on any atom is -0.491 e. The van der Waals surface area contributed by atoms with Gasteiger partial charge < -0.3 is 34.7 Å². The van der Waals surface area contributed by atoms with Gasteiger partial charge in [-0.25, -0.2) is 4.79 Å². The van der Waals surface area contributed by atoms with Crippen molar-refractivity contribution in [3.05, 3.63) is 29.8 Å². The van der Waals surface area contributed by atoms with E-state index < -0.39 is 42.1 Å². The molecular formula is C27H42N2O8. The molecule has 1 aromatic carbocycles. The molecule has 10 heteroatoms. The van der Waals surface area contributed by atoms with Crippen LogP contribution < -0.4 is 15.8 Å². The lowest BCUT2D eigenvalue weighted by Gasteiger charge is -2.29. The highest BCUT2D eigenvalue weighted by atomic mass is 16.7. The van der Waals surface area contributed by atoms with Gasteiger partial charge >= 0.3 is 11.9 Å². The molecule has 0 spiro atoms. The number of esters is 2. The van der Waals surface area contributed by atoms with Crippen molar-refractivity contribution in [2.75, 3.05) is 20.3 Å². The van der Waals surface area contributed by atoms with Gasteiger partial charge in [0.1, 0.15) is 18.4 Å². The van der Waals surface area contributed by atoms with E-state index in [1.165, 1.54) is 6.92 Å². The number of nitrogens with one attached hydrogen (secondary N) is 1. The number of hydrogen-bond acceptors (Lipinski definition) is 9. The lowest BCUT2D eigenvalue weighted by Crippen LogP contribution is -2.53. The Balaban J connectivity index is 1.87. The van der Waals surface area contributed by atoms with Crippen molar-refractivity contribution in [1.82, 2.24) is 5.32 Å². The maximum absolute atomic E-state index is 12.8. The first-order chi connectivity index (χ1) is 17.5. The Labute approximate surface area is 219 Å². The van der Waals surface area contributed by atoms with Crippen molar-refractivity contribution in [2.24, 2.45) is 23.5 Å². The molecular weight excluding hydrogens is 480 g/mol. The van der Waals surface area contributed by atoms with E-state index in [1.54, 1.807) is 21.0 Å². The summed E-state index contributed by atoms with van der Waals surface area (Å²) in [6, 6.07) is 5.93. The topological polar surface area (TPSA) is 135 Å². The average Bonchev–Trinajstić information content (AvgIpc) is 2.86. The molecule has 1 saturated heterocycles. The van der Waals surface area contributed by atoms with Gasteiger partial charge in [0.25, 0.3) is 0 Å². The molecule has 0 saturated carbocycles. The largest absolute Gasteiger partial charge is 0.491 e. The minimum atomic E-state index is -1.12. The van der Waals surface area contributed by atoms with Crippen molar-refractivity contribution in [3.8, 4) is 5.75 Å². The Morgan fingerprint density at radius 3 is 2.43 bits per heavy atom. The average molecular weight is 523 g/mol. The number of carbonyl (C=O) groups is 3. The monoisotopic (exact) mass is 522 g/mol. The summed E-state index contributed by atoms with van der Waals surface area (Å²) in [5.74, 6) is -1.63. The van der Waals surface area contributed by atoms with Crippen LogP contribution in [0.15, 0.2) is 24.3 Å². The zero-order valence-electron chi connectivity index (χ0n) is 22.7. The van der Waals surface area contributed by atoms with Crippen LogP contribution in [0.1, 0.15) is 53.0 Å². The summed E-state index contributed by atoms with van der Waals surface area (Å²) in [7, 11) is 1.62. The number of methoxy groups -OCH3 is 1. The molecule has 10 nitrogen and oxygen atoms in total. The number of nitrogens with two attached hydrogens (primary N) is 1. The summed E-state index contributed by atoms with van der Waals surface area (Å²) in [4.78, 5) is 37.8. The minimum absolute atomic E-state index is 0.0856. The molecule has 0 bridgehead atoms. The van der Waals surface area contributed by atoms with Crippen LogP contribution in [0, 0.1) is 17.8 Å². The Hall–Kier alpha value is -2.69. The Kier molecular flexibility index (Phi) is 12.3. The van der Waals surface area contributed by atoms with E-state index >= 15 is 0 Å². The predicted octanol–water partition coefficient (Wildman–Crippen LogP) is 2.56. The Bertz CT molecular complexity index is 891. The highest BCUT2D eigenvalue weighted by molar-refractivity contribution is 5.87. The fourth-order valence-corrected chi connectivity index (χ4v) is 3.88. The molecule has 1 aromatic rings. The molecule has 1 fully saturated rings. The molecule has 3 unspecified atom stereocenters. The van der Waals surface area contributed by atoms with Gasteiger partial charge in [0.05, 0.1) is 24.7 Å². The van der Waals surface area contributed by atoms with Crippen molar-refractivity contribution in [2.45, 2.75) is 78.5 Å². The smallest absolute Gasteiger partial charge is 0.331 e. The molecule has 1 aliphatic heterocycles. The first-order valence-electron chi connectivity index (χ1n) is 12.8. The summed E-state index contributed by atoms with van der Waals surface area (Å²) in [6.45, 7) is 9.77. The molecule has 2 rings (SSSR count). The van der Waals surface area contributed by atoms with E-state index in [9.17, 15) is 14.4 Å². The van der Waals surface area contributed by atoms with E-state index in [0.717, 1.165) is 5.56 Å². The second-order valence-corrected chi connectivity index (χ2v) is 10.0. The standard InChI is InChI=1S/C27H42N2O8/c1-16(2)23(28)25(30)29-24(17(3)4)27(32)37-18(5)36-26(31)19-11-12-34-21(13-19)15-35-22-10-8-7-9-20(22)14-33-6/h7-10,16-19,21,23-24H,11-15,28H2,1-6H3,(H,29,30)/t18?,19?,21?,23-,24-/m0/s1. The van der Waals surface area contributed by atoms with Crippen LogP contribution in [0.2, 0.25) is 0 Å². The van der Waals surface area contributed by atoms with E-state index in [1.807, 2.05) is 38.1 Å². The van der Waals surface area contributed by atoms with Gasteiger partial charge in [-0.3, -0.25) is 9.59 Å². The van der Waals surface area contributed by atoms with Gasteiger partial charge in [0.2, 0.25) is 12.2 Å². The molecule has 1 amide bonds. The number of hydrogen-bond donors (Lipinski definition) is 2. The van der Waals surface area contributed by atoms with Gasteiger partial charge in [-0.2, -0.15) is 0 Å². The summed E-state index contributed by atoms with van der Waals surface area (Å²) < 4.78 is 27.7. The molecule has 5 atom stereocenters. The number of benzene rings is 1. The van der Waals surface area contributed by atoms with Crippen molar-refractivity contribution in [3.63, 3.8) is 0 Å². The van der Waals surface area contributed by atoms with Gasteiger partial charge in [0, 0.05) is 26.2 Å². The third kappa shape index (κ3) is 9.60. The highest BCUT2D eigenvalue weighted by Gasteiger charge is 2.33. The highest BCUT2D eigenvalue weighted by Crippen LogP contribution is 2.25. The number of rotatable bonds is 13. The normalized spacial score (nSPS) is 20.1. The molecule has 3 N–H and O–H groups in total. The van der Waals surface area contributed by atoms with Crippen LogP contribution in [0.4, 0.5) is 0 Å². The first kappa shape index (κ1) is 30.5. The summed E-state index contributed by atoms with van der Waals surface area (Å²) >= 11 is 0. The lowest BCUT2D eigenvalue weighted by molar-refractivity contribution is -0.192. The van der Waals surface area contributed by atoms with Crippen LogP contribution >= 0.6 is 0 Å². The van der Waals surface area contributed by atoms with Crippen molar-refractivity contribution >= 4 is 17.8 Å². The van der Waals surface area contributed by atoms with Crippen LogP contribution in [0.5, 0.6) is 5.75 Å². The summed E-state index contributed by atoms with van der Waals surface area (Å²) in [5.41, 5.74) is 6.81. The Morgan fingerprint density at radius 2 is 1.78 bits per heavy atom. The summed E-state index contributed by atoms with van der Waals surface area (Å²) in [5, 5.41) is 2.65. The lowest BCUT2D eigenvalue weighted by atomic mass is 9.96. The number of amides is 1. The molecule has 1 aliphatic rings. The maximum atomic E-state index is 12.8. The van der Waals surface area contributed by atoms with Gasteiger partial charge in [-0.05, 0) is 30.7 Å². The second-order valence-electron chi connectivity index (χ2n) is 10.0. The van der Waals surface area contributed by atoms with Crippen molar-refractivity contribution in [1.29, 1.82) is 0 Å². The van der Waals surface area contributed by atoms with Gasteiger partial charge in [-0.15, -0.1) is 0 Å². The van der Waals surface area contributed by atoms with E-state index in [-0.39, 0.29) is 24.5 Å². The molecule has 37 heavy (non-hydrogen) atoms. The van der Waals surface area contributed by atoms with E-state index in [4.69, 9.17) is 29.4 Å². The van der Waals surface area contributed by atoms with Crippen LogP contribution in [-0.2, 0) is 39.9 Å². The number of carbonyl (C=O) groups excluding carboxylic acids is 3. The third-order valence-electron chi connectivity index (χ3n) is 6.20. The zero-order valence-corrected chi connectivity index (χ0v) is 22.7. The quantitative estimate of drug-likeness (QED) is 0.296. The SMILES string of the molecule is COCc1ccccc1OCC1CC(C(=O)OC(C)OC(=O)[C@@H](NC(=O)[C@@H](N)C(C)C)C(C)C)CCO1. The third-order valence-corrected chi connectivity index (χ3v) is 6.20. The first-order valence-corrected chi connectivity index (χ1v) is 12.8.